The number of ether oxygens (including phenoxy) is 1. The summed E-state index contributed by atoms with van der Waals surface area (Å²) in [6.45, 7) is 2.86. The van der Waals surface area contributed by atoms with Crippen molar-refractivity contribution in [2.45, 2.75) is 16.7 Å². The fraction of sp³-hybridized carbons (Fsp3) is 0.467. The lowest BCUT2D eigenvalue weighted by Crippen LogP contribution is -2.44. The molecular weight excluding hydrogens is 300 g/mol. The zero-order valence-corrected chi connectivity index (χ0v) is 13.6. The molecular formula is C15H20N4O2S. The second-order valence-corrected chi connectivity index (χ2v) is 6.26. The molecule has 1 unspecified atom stereocenters. The number of rotatable bonds is 5. The zero-order chi connectivity index (χ0) is 15.4. The molecule has 1 aliphatic rings. The molecule has 22 heavy (non-hydrogen) atoms. The van der Waals surface area contributed by atoms with Crippen LogP contribution in [0.4, 0.5) is 0 Å². The van der Waals surface area contributed by atoms with Crippen molar-refractivity contribution in [1.29, 1.82) is 0 Å². The zero-order valence-electron chi connectivity index (χ0n) is 12.8. The molecule has 1 N–H and O–H groups in total. The highest BCUT2D eigenvalue weighted by Crippen LogP contribution is 2.25. The van der Waals surface area contributed by atoms with Gasteiger partial charge in [-0.2, -0.15) is 4.98 Å². The van der Waals surface area contributed by atoms with Gasteiger partial charge in [0.2, 0.25) is 5.89 Å². The Hall–Kier alpha value is -1.57. The van der Waals surface area contributed by atoms with Crippen molar-refractivity contribution in [2.75, 3.05) is 33.8 Å². The maximum Gasteiger partial charge on any atom is 0.237 e. The third kappa shape index (κ3) is 3.60. The molecule has 0 spiro atoms. The topological polar surface area (TPSA) is 63.4 Å². The first-order valence-electron chi connectivity index (χ1n) is 7.26. The fourth-order valence-corrected chi connectivity index (χ4v) is 3.11. The van der Waals surface area contributed by atoms with Gasteiger partial charge in [-0.05, 0) is 31.3 Å². The molecule has 1 saturated heterocycles. The Morgan fingerprint density at radius 2 is 2.23 bits per heavy atom. The van der Waals surface area contributed by atoms with Crippen molar-refractivity contribution in [2.24, 2.45) is 0 Å². The number of piperazine rings is 1. The summed E-state index contributed by atoms with van der Waals surface area (Å²) < 4.78 is 10.5. The minimum Gasteiger partial charge on any atom is -0.497 e. The first-order valence-corrected chi connectivity index (χ1v) is 8.25. The lowest BCUT2D eigenvalue weighted by Gasteiger charge is -2.30. The van der Waals surface area contributed by atoms with E-state index in [0.29, 0.717) is 11.6 Å². The van der Waals surface area contributed by atoms with Crippen LogP contribution in [0, 0.1) is 0 Å². The van der Waals surface area contributed by atoms with Crippen LogP contribution in [-0.4, -0.2) is 48.8 Å². The summed E-state index contributed by atoms with van der Waals surface area (Å²) in [5.41, 5.74) is 0. The predicted octanol–water partition coefficient (Wildman–Crippen LogP) is 1.95. The SMILES string of the molecule is COc1ccc(SCc2nc(C3CNCCN3C)no2)cc1. The highest BCUT2D eigenvalue weighted by molar-refractivity contribution is 7.98. The summed E-state index contributed by atoms with van der Waals surface area (Å²) in [4.78, 5) is 7.93. The second kappa shape index (κ2) is 7.13. The van der Waals surface area contributed by atoms with Gasteiger partial charge in [0.05, 0.1) is 18.9 Å². The van der Waals surface area contributed by atoms with Gasteiger partial charge in [-0.3, -0.25) is 4.90 Å². The molecule has 1 aliphatic heterocycles. The maximum atomic E-state index is 5.37. The number of nitrogens with zero attached hydrogens (tertiary/aromatic N) is 3. The van der Waals surface area contributed by atoms with Crippen LogP contribution in [0.3, 0.4) is 0 Å². The molecule has 0 amide bonds. The molecule has 0 aliphatic carbocycles. The number of methoxy groups -OCH3 is 1. The molecule has 3 rings (SSSR count). The molecule has 0 saturated carbocycles. The summed E-state index contributed by atoms with van der Waals surface area (Å²) in [5.74, 6) is 2.95. The fourth-order valence-electron chi connectivity index (χ4n) is 2.37. The summed E-state index contributed by atoms with van der Waals surface area (Å²) in [6.07, 6.45) is 0. The Kier molecular flexibility index (Phi) is 4.97. The van der Waals surface area contributed by atoms with E-state index in [0.717, 1.165) is 36.1 Å². The number of hydrogen-bond donors (Lipinski definition) is 1. The van der Waals surface area contributed by atoms with Gasteiger partial charge in [0.1, 0.15) is 5.75 Å². The monoisotopic (exact) mass is 320 g/mol. The number of thioether (sulfide) groups is 1. The largest absolute Gasteiger partial charge is 0.497 e. The molecule has 7 heteroatoms. The average molecular weight is 320 g/mol. The van der Waals surface area contributed by atoms with E-state index in [-0.39, 0.29) is 6.04 Å². The maximum absolute atomic E-state index is 5.37. The van der Waals surface area contributed by atoms with Gasteiger partial charge >= 0.3 is 0 Å². The highest BCUT2D eigenvalue weighted by atomic mass is 32.2. The Balaban J connectivity index is 1.59. The number of aromatic nitrogens is 2. The first kappa shape index (κ1) is 15.3. The van der Waals surface area contributed by atoms with Gasteiger partial charge in [-0.15, -0.1) is 11.8 Å². The summed E-state index contributed by atoms with van der Waals surface area (Å²) >= 11 is 1.67. The van der Waals surface area contributed by atoms with Gasteiger partial charge in [-0.1, -0.05) is 5.16 Å². The van der Waals surface area contributed by atoms with E-state index in [1.165, 1.54) is 0 Å². The predicted molar refractivity (Wildman–Crippen MR) is 85.1 cm³/mol. The van der Waals surface area contributed by atoms with Crippen LogP contribution in [0.15, 0.2) is 33.7 Å². The normalized spacial score (nSPS) is 19.3. The van der Waals surface area contributed by atoms with E-state index < -0.39 is 0 Å². The lowest BCUT2D eigenvalue weighted by molar-refractivity contribution is 0.190. The standard InChI is InChI=1S/C15H20N4O2S/c1-19-8-7-16-9-13(19)15-17-14(21-18-15)10-22-12-5-3-11(20-2)4-6-12/h3-6,13,16H,7-10H2,1-2H3. The first-order chi connectivity index (χ1) is 10.8. The number of benzene rings is 1. The van der Waals surface area contributed by atoms with Crippen molar-refractivity contribution >= 4 is 11.8 Å². The molecule has 1 aromatic heterocycles. The van der Waals surface area contributed by atoms with E-state index in [9.17, 15) is 0 Å². The molecule has 0 bridgehead atoms. The van der Waals surface area contributed by atoms with Crippen LogP contribution in [0.1, 0.15) is 17.8 Å². The number of likely N-dealkylation sites (N-methyl/N-ethyl adjacent to an activating group) is 1. The van der Waals surface area contributed by atoms with E-state index in [2.05, 4.69) is 27.4 Å². The van der Waals surface area contributed by atoms with Gasteiger partial charge in [-0.25, -0.2) is 0 Å². The molecule has 1 aromatic carbocycles. The van der Waals surface area contributed by atoms with Crippen LogP contribution >= 0.6 is 11.8 Å². The molecule has 2 heterocycles. The lowest BCUT2D eigenvalue weighted by atomic mass is 10.2. The molecule has 2 aromatic rings. The van der Waals surface area contributed by atoms with Gasteiger partial charge < -0.3 is 14.6 Å². The van der Waals surface area contributed by atoms with Crippen LogP contribution < -0.4 is 10.1 Å². The molecule has 0 radical (unpaired) electrons. The summed E-state index contributed by atoms with van der Waals surface area (Å²) in [5, 5.41) is 7.49. The highest BCUT2D eigenvalue weighted by Gasteiger charge is 2.25. The third-order valence-electron chi connectivity index (χ3n) is 3.71. The van der Waals surface area contributed by atoms with E-state index >= 15 is 0 Å². The quantitative estimate of drug-likeness (QED) is 0.845. The number of nitrogens with one attached hydrogen (secondary N) is 1. The Bertz CT molecular complexity index is 602. The van der Waals surface area contributed by atoms with E-state index in [4.69, 9.17) is 9.26 Å². The van der Waals surface area contributed by atoms with E-state index in [1.807, 2.05) is 24.3 Å². The Morgan fingerprint density at radius 3 is 2.95 bits per heavy atom. The molecule has 1 atom stereocenters. The van der Waals surface area contributed by atoms with Gasteiger partial charge in [0, 0.05) is 24.5 Å². The molecule has 1 fully saturated rings. The van der Waals surface area contributed by atoms with Crippen LogP contribution in [-0.2, 0) is 5.75 Å². The van der Waals surface area contributed by atoms with Crippen molar-refractivity contribution in [1.82, 2.24) is 20.4 Å². The minimum atomic E-state index is 0.192. The minimum absolute atomic E-state index is 0.192. The molecule has 6 nitrogen and oxygen atoms in total. The third-order valence-corrected chi connectivity index (χ3v) is 4.71. The average Bonchev–Trinajstić information content (AvgIpc) is 3.02. The number of hydrogen-bond acceptors (Lipinski definition) is 7. The van der Waals surface area contributed by atoms with E-state index in [1.54, 1.807) is 18.9 Å². The smallest absolute Gasteiger partial charge is 0.237 e. The Morgan fingerprint density at radius 1 is 1.41 bits per heavy atom. The van der Waals surface area contributed by atoms with Crippen molar-refractivity contribution in [3.8, 4) is 5.75 Å². The molecule has 118 valence electrons. The second-order valence-electron chi connectivity index (χ2n) is 5.21. The van der Waals surface area contributed by atoms with Crippen LogP contribution in [0.25, 0.3) is 0 Å². The van der Waals surface area contributed by atoms with Gasteiger partial charge in [0.25, 0.3) is 0 Å². The van der Waals surface area contributed by atoms with Crippen molar-refractivity contribution < 1.29 is 9.26 Å². The van der Waals surface area contributed by atoms with Crippen LogP contribution in [0.5, 0.6) is 5.75 Å². The van der Waals surface area contributed by atoms with Crippen LogP contribution in [0.2, 0.25) is 0 Å². The van der Waals surface area contributed by atoms with Crippen molar-refractivity contribution in [3.05, 3.63) is 36.0 Å². The van der Waals surface area contributed by atoms with Crippen molar-refractivity contribution in [3.63, 3.8) is 0 Å². The Labute approximate surface area is 134 Å². The summed E-state index contributed by atoms with van der Waals surface area (Å²) in [6, 6.07) is 8.14. The summed E-state index contributed by atoms with van der Waals surface area (Å²) in [7, 11) is 3.76. The van der Waals surface area contributed by atoms with Gasteiger partial charge in [0.15, 0.2) is 5.82 Å².